The molecule has 0 aliphatic carbocycles. The lowest BCUT2D eigenvalue weighted by molar-refractivity contribution is -0.385. The maximum atomic E-state index is 13.2. The number of rotatable bonds is 5. The van der Waals surface area contributed by atoms with Gasteiger partial charge in [-0.05, 0) is 17.7 Å². The van der Waals surface area contributed by atoms with Crippen LogP contribution in [-0.2, 0) is 4.79 Å². The zero-order valence-corrected chi connectivity index (χ0v) is 16.3. The quantitative estimate of drug-likeness (QED) is 0.368. The van der Waals surface area contributed by atoms with Gasteiger partial charge in [0, 0.05) is 23.8 Å². The summed E-state index contributed by atoms with van der Waals surface area (Å²) in [5.41, 5.74) is 0.507. The highest BCUT2D eigenvalue weighted by molar-refractivity contribution is 6.33. The van der Waals surface area contributed by atoms with Gasteiger partial charge in [-0.15, -0.1) is 0 Å². The van der Waals surface area contributed by atoms with Gasteiger partial charge in [0.2, 0.25) is 0 Å². The third kappa shape index (κ3) is 3.79. The number of hydrogen-bond acceptors (Lipinski definition) is 7. The molecule has 10 nitrogen and oxygen atoms in total. The first-order chi connectivity index (χ1) is 15.3. The highest BCUT2D eigenvalue weighted by Crippen LogP contribution is 2.36. The average molecular weight is 430 g/mol. The fraction of sp³-hybridized carbons (Fsp3) is 0. The predicted octanol–water partition coefficient (Wildman–Crippen LogP) is 4.04. The lowest BCUT2D eigenvalue weighted by Crippen LogP contribution is -2.32. The maximum Gasteiger partial charge on any atom is 0.282 e. The second kappa shape index (κ2) is 8.11. The van der Waals surface area contributed by atoms with Gasteiger partial charge >= 0.3 is 0 Å². The Balaban J connectivity index is 1.83. The molecule has 1 aliphatic heterocycles. The van der Waals surface area contributed by atoms with Crippen molar-refractivity contribution in [1.29, 1.82) is 0 Å². The highest BCUT2D eigenvalue weighted by Gasteiger charge is 2.34. The summed E-state index contributed by atoms with van der Waals surface area (Å²) in [6.45, 7) is 0. The topological polar surface area (TPSA) is 139 Å². The number of amidine groups is 1. The third-order valence-electron chi connectivity index (χ3n) is 4.69. The fourth-order valence-electron chi connectivity index (χ4n) is 3.22. The number of phenols is 1. The Morgan fingerprint density at radius 3 is 2.22 bits per heavy atom. The first-order valence-corrected chi connectivity index (χ1v) is 9.27. The molecule has 4 rings (SSSR count). The second-order valence-corrected chi connectivity index (χ2v) is 6.75. The monoisotopic (exact) mass is 430 g/mol. The molecule has 1 amide bonds. The first kappa shape index (κ1) is 20.4. The van der Waals surface area contributed by atoms with Crippen molar-refractivity contribution in [2.24, 2.45) is 4.99 Å². The zero-order chi connectivity index (χ0) is 22.8. The van der Waals surface area contributed by atoms with E-state index >= 15 is 0 Å². The van der Waals surface area contributed by atoms with Crippen LogP contribution in [-0.4, -0.2) is 26.7 Å². The van der Waals surface area contributed by atoms with Crippen LogP contribution in [0.25, 0.3) is 6.08 Å². The minimum absolute atomic E-state index is 0.0119. The number of carbonyl (C=O) groups is 1. The molecule has 0 saturated carbocycles. The summed E-state index contributed by atoms with van der Waals surface area (Å²) < 4.78 is 0. The van der Waals surface area contributed by atoms with E-state index in [1.807, 2.05) is 0 Å². The second-order valence-electron chi connectivity index (χ2n) is 6.75. The SMILES string of the molecule is O=C1/C(=C\c2cccc([N+](=O)[O-])c2)N=C(c2ccccc2)N1c1ccc([N+](=O)[O-])cc1O. The van der Waals surface area contributed by atoms with E-state index in [2.05, 4.69) is 4.99 Å². The van der Waals surface area contributed by atoms with Crippen LogP contribution in [0.2, 0.25) is 0 Å². The summed E-state index contributed by atoms with van der Waals surface area (Å²) in [5, 5.41) is 32.5. The summed E-state index contributed by atoms with van der Waals surface area (Å²) in [6, 6.07) is 17.8. The van der Waals surface area contributed by atoms with Gasteiger partial charge in [-0.1, -0.05) is 42.5 Å². The van der Waals surface area contributed by atoms with Gasteiger partial charge < -0.3 is 5.11 Å². The number of nitrogens with zero attached hydrogens (tertiary/aromatic N) is 4. The van der Waals surface area contributed by atoms with Crippen LogP contribution < -0.4 is 4.90 Å². The lowest BCUT2D eigenvalue weighted by atomic mass is 10.1. The van der Waals surface area contributed by atoms with Crippen molar-refractivity contribution >= 4 is 34.9 Å². The van der Waals surface area contributed by atoms with E-state index in [0.717, 1.165) is 11.0 Å². The van der Waals surface area contributed by atoms with E-state index in [1.54, 1.807) is 36.4 Å². The van der Waals surface area contributed by atoms with Gasteiger partial charge in [0.1, 0.15) is 17.3 Å². The van der Waals surface area contributed by atoms with Gasteiger partial charge in [-0.25, -0.2) is 4.99 Å². The molecule has 158 valence electrons. The molecule has 32 heavy (non-hydrogen) atoms. The maximum absolute atomic E-state index is 13.2. The number of amides is 1. The van der Waals surface area contributed by atoms with Crippen LogP contribution in [0, 0.1) is 20.2 Å². The van der Waals surface area contributed by atoms with E-state index in [1.165, 1.54) is 36.4 Å². The summed E-state index contributed by atoms with van der Waals surface area (Å²) in [5.74, 6) is -0.858. The third-order valence-corrected chi connectivity index (χ3v) is 4.69. The molecule has 1 heterocycles. The van der Waals surface area contributed by atoms with E-state index in [4.69, 9.17) is 0 Å². The van der Waals surface area contributed by atoms with Gasteiger partial charge in [-0.3, -0.25) is 29.9 Å². The van der Waals surface area contributed by atoms with Gasteiger partial charge in [0.25, 0.3) is 17.3 Å². The van der Waals surface area contributed by atoms with Crippen molar-refractivity contribution in [3.05, 3.63) is 110 Å². The number of nitro benzene ring substituents is 2. The van der Waals surface area contributed by atoms with Crippen LogP contribution in [0.15, 0.2) is 83.5 Å². The van der Waals surface area contributed by atoms with Gasteiger partial charge in [0.15, 0.2) is 0 Å². The summed E-state index contributed by atoms with van der Waals surface area (Å²) in [6.07, 6.45) is 1.40. The van der Waals surface area contributed by atoms with E-state index < -0.39 is 21.5 Å². The molecular weight excluding hydrogens is 416 g/mol. The number of non-ortho nitro benzene ring substituents is 2. The number of aliphatic imine (C=N–C) groups is 1. The van der Waals surface area contributed by atoms with Crippen molar-refractivity contribution in [2.75, 3.05) is 4.90 Å². The van der Waals surface area contributed by atoms with E-state index in [0.29, 0.717) is 11.1 Å². The van der Waals surface area contributed by atoms with Crippen LogP contribution in [0.3, 0.4) is 0 Å². The summed E-state index contributed by atoms with van der Waals surface area (Å²) in [4.78, 5) is 39.7. The largest absolute Gasteiger partial charge is 0.505 e. The number of anilines is 1. The highest BCUT2D eigenvalue weighted by atomic mass is 16.6. The molecule has 0 fully saturated rings. The molecule has 0 unspecified atom stereocenters. The average Bonchev–Trinajstić information content (AvgIpc) is 3.10. The van der Waals surface area contributed by atoms with Crippen molar-refractivity contribution in [3.63, 3.8) is 0 Å². The number of carbonyl (C=O) groups excluding carboxylic acids is 1. The molecular formula is C22H14N4O6. The Kier molecular flexibility index (Phi) is 5.17. The molecule has 0 aromatic heterocycles. The number of phenolic OH excluding ortho intramolecular Hbond substituents is 1. The Bertz CT molecular complexity index is 1320. The van der Waals surface area contributed by atoms with Crippen LogP contribution in [0.5, 0.6) is 5.75 Å². The lowest BCUT2D eigenvalue weighted by Gasteiger charge is -2.19. The van der Waals surface area contributed by atoms with Crippen molar-refractivity contribution in [2.45, 2.75) is 0 Å². The van der Waals surface area contributed by atoms with E-state index in [-0.39, 0.29) is 28.6 Å². The minimum Gasteiger partial charge on any atom is -0.505 e. The number of aromatic hydroxyl groups is 1. The number of benzene rings is 3. The normalized spacial score (nSPS) is 14.5. The van der Waals surface area contributed by atoms with Crippen LogP contribution >= 0.6 is 0 Å². The Morgan fingerprint density at radius 1 is 0.875 bits per heavy atom. The van der Waals surface area contributed by atoms with Crippen LogP contribution in [0.4, 0.5) is 17.1 Å². The Morgan fingerprint density at radius 2 is 1.56 bits per heavy atom. The fourth-order valence-corrected chi connectivity index (χ4v) is 3.22. The number of nitro groups is 2. The van der Waals surface area contributed by atoms with E-state index in [9.17, 15) is 30.1 Å². The Hall–Kier alpha value is -4.86. The molecule has 0 spiro atoms. The van der Waals surface area contributed by atoms with Crippen molar-refractivity contribution < 1.29 is 19.7 Å². The van der Waals surface area contributed by atoms with Gasteiger partial charge in [0.05, 0.1) is 21.6 Å². The molecule has 0 radical (unpaired) electrons. The molecule has 1 aliphatic rings. The summed E-state index contributed by atoms with van der Waals surface area (Å²) >= 11 is 0. The molecule has 3 aromatic carbocycles. The molecule has 0 atom stereocenters. The molecule has 10 heteroatoms. The summed E-state index contributed by atoms with van der Waals surface area (Å²) in [7, 11) is 0. The zero-order valence-electron chi connectivity index (χ0n) is 16.3. The van der Waals surface area contributed by atoms with Crippen molar-refractivity contribution in [3.8, 4) is 5.75 Å². The minimum atomic E-state index is -0.658. The van der Waals surface area contributed by atoms with Gasteiger partial charge in [-0.2, -0.15) is 0 Å². The van der Waals surface area contributed by atoms with Crippen molar-refractivity contribution in [1.82, 2.24) is 0 Å². The first-order valence-electron chi connectivity index (χ1n) is 9.27. The molecule has 3 aromatic rings. The molecule has 0 bridgehead atoms. The predicted molar refractivity (Wildman–Crippen MR) is 116 cm³/mol. The Labute approximate surface area is 180 Å². The number of hydrogen-bond donors (Lipinski definition) is 1. The van der Waals surface area contributed by atoms with Crippen LogP contribution in [0.1, 0.15) is 11.1 Å². The smallest absolute Gasteiger partial charge is 0.282 e. The standard InChI is InChI=1S/C22H14N4O6/c27-20-13-17(26(31)32)9-10-19(20)24-21(15-6-2-1-3-7-15)23-18(22(24)28)12-14-5-4-8-16(11-14)25(29)30/h1-13,27H/b18-12+. The molecule has 0 saturated heterocycles. The molecule has 1 N–H and O–H groups in total.